The zero-order valence-electron chi connectivity index (χ0n) is 18.1. The van der Waals surface area contributed by atoms with Gasteiger partial charge in [-0.05, 0) is 24.0 Å². The van der Waals surface area contributed by atoms with Gasteiger partial charge in [-0.2, -0.15) is 5.10 Å². The normalized spacial score (nSPS) is 11.8. The van der Waals surface area contributed by atoms with Crippen LogP contribution in [0.4, 0.5) is 4.39 Å². The van der Waals surface area contributed by atoms with Crippen molar-refractivity contribution in [2.45, 2.75) is 44.8 Å². The Morgan fingerprint density at radius 3 is 2.52 bits per heavy atom. The Labute approximate surface area is 186 Å². The Morgan fingerprint density at radius 2 is 1.87 bits per heavy atom. The summed E-state index contributed by atoms with van der Waals surface area (Å²) in [7, 11) is 0. The van der Waals surface area contributed by atoms with Crippen molar-refractivity contribution in [1.82, 2.24) is 20.2 Å². The Bertz CT molecular complexity index is 1070. The van der Waals surface area contributed by atoms with Gasteiger partial charge in [-0.1, -0.05) is 75.0 Å². The van der Waals surface area contributed by atoms with E-state index in [0.29, 0.717) is 17.3 Å². The van der Waals surface area contributed by atoms with Gasteiger partial charge in [0.25, 0.3) is 5.91 Å². The van der Waals surface area contributed by atoms with Crippen LogP contribution < -0.4 is 5.43 Å². The number of thioether (sulfide) groups is 1. The van der Waals surface area contributed by atoms with Gasteiger partial charge in [-0.3, -0.25) is 4.79 Å². The summed E-state index contributed by atoms with van der Waals surface area (Å²) >= 11 is 1.28. The molecule has 0 aliphatic rings. The summed E-state index contributed by atoms with van der Waals surface area (Å²) < 4.78 is 15.5. The third-order valence-corrected chi connectivity index (χ3v) is 5.64. The lowest BCUT2D eigenvalue weighted by Crippen LogP contribution is -2.20. The van der Waals surface area contributed by atoms with Gasteiger partial charge in [-0.25, -0.2) is 9.82 Å². The highest BCUT2D eigenvalue weighted by atomic mass is 32.2. The predicted octanol–water partition coefficient (Wildman–Crippen LogP) is 4.64. The second-order valence-corrected chi connectivity index (χ2v) is 8.92. The second kappa shape index (κ2) is 9.87. The van der Waals surface area contributed by atoms with Crippen molar-refractivity contribution < 1.29 is 9.18 Å². The molecule has 0 fully saturated rings. The van der Waals surface area contributed by atoms with Crippen molar-refractivity contribution in [1.29, 1.82) is 0 Å². The van der Waals surface area contributed by atoms with Gasteiger partial charge in [-0.15, -0.1) is 10.2 Å². The molecule has 1 heterocycles. The van der Waals surface area contributed by atoms with Crippen LogP contribution in [0, 0.1) is 5.82 Å². The van der Waals surface area contributed by atoms with E-state index in [2.05, 4.69) is 65.8 Å². The summed E-state index contributed by atoms with van der Waals surface area (Å²) in [6.07, 6.45) is 1.28. The molecule has 0 radical (unpaired) electrons. The van der Waals surface area contributed by atoms with Gasteiger partial charge in [0.15, 0.2) is 11.0 Å². The second-order valence-electron chi connectivity index (χ2n) is 7.98. The molecule has 0 saturated carbocycles. The maximum absolute atomic E-state index is 13.6. The number of benzene rings is 2. The number of amides is 1. The molecule has 8 heteroatoms. The molecule has 1 N–H and O–H groups in total. The molecule has 162 valence electrons. The number of hydrazone groups is 1. The SMILES string of the molecule is CCn1c(SCC(=O)N/N=C/c2ccccc2F)nnc1-c1ccc(C(C)(C)C)cc1. The maximum atomic E-state index is 13.6. The highest BCUT2D eigenvalue weighted by Gasteiger charge is 2.17. The van der Waals surface area contributed by atoms with E-state index in [9.17, 15) is 9.18 Å². The Hall–Kier alpha value is -3.00. The number of carbonyl (C=O) groups is 1. The average Bonchev–Trinajstić information content (AvgIpc) is 3.16. The molecule has 0 aliphatic carbocycles. The Kier molecular flexibility index (Phi) is 7.22. The molecule has 3 aromatic rings. The standard InChI is InChI=1S/C23H26FN5OS/c1-5-29-21(16-10-12-18(13-11-16)23(2,3)4)27-28-22(29)31-15-20(30)26-25-14-17-8-6-7-9-19(17)24/h6-14H,5,15H2,1-4H3,(H,26,30)/b25-14+. The zero-order valence-corrected chi connectivity index (χ0v) is 18.9. The van der Waals surface area contributed by atoms with Crippen molar-refractivity contribution in [2.75, 3.05) is 5.75 Å². The van der Waals surface area contributed by atoms with Gasteiger partial charge < -0.3 is 4.57 Å². The maximum Gasteiger partial charge on any atom is 0.250 e. The summed E-state index contributed by atoms with van der Waals surface area (Å²) in [6.45, 7) is 9.22. The number of nitrogens with one attached hydrogen (secondary N) is 1. The number of hydrogen-bond donors (Lipinski definition) is 1. The number of halogens is 1. The first kappa shape index (κ1) is 22.7. The average molecular weight is 440 g/mol. The minimum atomic E-state index is -0.394. The quantitative estimate of drug-likeness (QED) is 0.331. The first-order valence-corrected chi connectivity index (χ1v) is 11.0. The molecule has 2 aromatic carbocycles. The molecule has 0 unspecified atom stereocenters. The molecule has 0 bridgehead atoms. The first-order valence-electron chi connectivity index (χ1n) is 10.0. The smallest absolute Gasteiger partial charge is 0.250 e. The summed E-state index contributed by atoms with van der Waals surface area (Å²) in [5.41, 5.74) is 5.03. The van der Waals surface area contributed by atoms with E-state index in [1.165, 1.54) is 29.6 Å². The first-order chi connectivity index (χ1) is 14.8. The summed E-state index contributed by atoms with van der Waals surface area (Å²) in [5, 5.41) is 13.1. The van der Waals surface area contributed by atoms with Crippen LogP contribution in [-0.2, 0) is 16.8 Å². The van der Waals surface area contributed by atoms with E-state index in [0.717, 1.165) is 11.4 Å². The molecule has 0 saturated heterocycles. The van der Waals surface area contributed by atoms with E-state index in [-0.39, 0.29) is 17.1 Å². The van der Waals surface area contributed by atoms with E-state index < -0.39 is 5.82 Å². The Balaban J connectivity index is 1.63. The fraction of sp³-hybridized carbons (Fsp3) is 0.304. The summed E-state index contributed by atoms with van der Waals surface area (Å²) in [6, 6.07) is 14.5. The molecular formula is C23H26FN5OS. The van der Waals surface area contributed by atoms with Crippen LogP contribution >= 0.6 is 11.8 Å². The number of hydrogen-bond acceptors (Lipinski definition) is 5. The molecule has 3 rings (SSSR count). The minimum Gasteiger partial charge on any atom is -0.302 e. The largest absolute Gasteiger partial charge is 0.302 e. The van der Waals surface area contributed by atoms with Crippen LogP contribution in [0.25, 0.3) is 11.4 Å². The molecule has 1 aromatic heterocycles. The predicted molar refractivity (Wildman–Crippen MR) is 123 cm³/mol. The fourth-order valence-corrected chi connectivity index (χ4v) is 3.72. The molecule has 31 heavy (non-hydrogen) atoms. The van der Waals surface area contributed by atoms with Crippen LogP contribution in [0.2, 0.25) is 0 Å². The van der Waals surface area contributed by atoms with Crippen LogP contribution in [0.15, 0.2) is 58.8 Å². The van der Waals surface area contributed by atoms with Gasteiger partial charge in [0.1, 0.15) is 5.82 Å². The lowest BCUT2D eigenvalue weighted by Gasteiger charge is -2.19. The molecule has 0 spiro atoms. The van der Waals surface area contributed by atoms with Crippen molar-refractivity contribution in [3.63, 3.8) is 0 Å². The van der Waals surface area contributed by atoms with Gasteiger partial charge in [0.05, 0.1) is 12.0 Å². The highest BCUT2D eigenvalue weighted by molar-refractivity contribution is 7.99. The van der Waals surface area contributed by atoms with E-state index in [1.807, 2.05) is 11.5 Å². The van der Waals surface area contributed by atoms with E-state index in [4.69, 9.17) is 0 Å². The number of nitrogens with zero attached hydrogens (tertiary/aromatic N) is 4. The molecule has 0 aliphatic heterocycles. The zero-order chi connectivity index (χ0) is 22.4. The summed E-state index contributed by atoms with van der Waals surface area (Å²) in [4.78, 5) is 12.1. The van der Waals surface area contributed by atoms with Crippen molar-refractivity contribution in [2.24, 2.45) is 5.10 Å². The van der Waals surface area contributed by atoms with Crippen LogP contribution in [0.1, 0.15) is 38.8 Å². The van der Waals surface area contributed by atoms with Crippen molar-refractivity contribution in [3.05, 3.63) is 65.5 Å². The third kappa shape index (κ3) is 5.79. The van der Waals surface area contributed by atoms with Crippen molar-refractivity contribution in [3.8, 4) is 11.4 Å². The molecule has 6 nitrogen and oxygen atoms in total. The lowest BCUT2D eigenvalue weighted by atomic mass is 9.87. The monoisotopic (exact) mass is 439 g/mol. The molecule has 1 amide bonds. The van der Waals surface area contributed by atoms with Gasteiger partial charge >= 0.3 is 0 Å². The van der Waals surface area contributed by atoms with E-state index in [1.54, 1.807) is 18.2 Å². The van der Waals surface area contributed by atoms with Crippen LogP contribution in [0.5, 0.6) is 0 Å². The molecule has 0 atom stereocenters. The minimum absolute atomic E-state index is 0.0834. The number of rotatable bonds is 7. The number of aromatic nitrogens is 3. The Morgan fingerprint density at radius 1 is 1.16 bits per heavy atom. The highest BCUT2D eigenvalue weighted by Crippen LogP contribution is 2.27. The summed E-state index contributed by atoms with van der Waals surface area (Å²) in [5.74, 6) is 0.187. The third-order valence-electron chi connectivity index (χ3n) is 4.67. The molecular weight excluding hydrogens is 413 g/mol. The topological polar surface area (TPSA) is 72.2 Å². The van der Waals surface area contributed by atoms with Crippen molar-refractivity contribution >= 4 is 23.9 Å². The lowest BCUT2D eigenvalue weighted by molar-refractivity contribution is -0.118. The van der Waals surface area contributed by atoms with Gasteiger partial charge in [0, 0.05) is 17.7 Å². The fourth-order valence-electron chi connectivity index (χ4n) is 2.93. The van der Waals surface area contributed by atoms with Gasteiger partial charge in [0.2, 0.25) is 0 Å². The van der Waals surface area contributed by atoms with Crippen LogP contribution in [0.3, 0.4) is 0 Å². The van der Waals surface area contributed by atoms with Crippen LogP contribution in [-0.4, -0.2) is 32.6 Å². The van der Waals surface area contributed by atoms with E-state index >= 15 is 0 Å². The number of carbonyl (C=O) groups excluding carboxylic acids is 1.